The fraction of sp³-hybridized carbons (Fsp3) is 0.125. The van der Waals surface area contributed by atoms with E-state index in [1.54, 1.807) is 30.3 Å². The largest absolute Gasteiger partial charge is 0.465 e. The molecule has 0 aliphatic rings. The number of carbonyl (C=O) groups is 2. The summed E-state index contributed by atoms with van der Waals surface area (Å²) in [7, 11) is 0. The van der Waals surface area contributed by atoms with Gasteiger partial charge in [-0.05, 0) is 23.8 Å². The molecule has 0 atom stereocenters. The maximum absolute atomic E-state index is 13.1. The third-order valence-electron chi connectivity index (χ3n) is 3.03. The number of anilines is 2. The number of amides is 2. The molecule has 0 saturated carbocycles. The van der Waals surface area contributed by atoms with Crippen molar-refractivity contribution in [3.05, 3.63) is 59.7 Å². The van der Waals surface area contributed by atoms with Gasteiger partial charge in [-0.1, -0.05) is 30.3 Å². The summed E-state index contributed by atoms with van der Waals surface area (Å²) in [6.07, 6.45) is -7.36. The molecule has 6 nitrogen and oxygen atoms in total. The zero-order chi connectivity index (χ0) is 18.4. The van der Waals surface area contributed by atoms with E-state index in [0.29, 0.717) is 11.6 Å². The van der Waals surface area contributed by atoms with Crippen molar-refractivity contribution in [2.24, 2.45) is 0 Å². The van der Waals surface area contributed by atoms with E-state index in [1.165, 1.54) is 0 Å². The first-order valence-electron chi connectivity index (χ1n) is 6.94. The Kier molecular flexibility index (Phi) is 5.48. The number of hydrogen-bond donors (Lipinski definition) is 3. The zero-order valence-corrected chi connectivity index (χ0v) is 12.6. The SMILES string of the molecule is O=C(O)Nc1ccc(NC(=O)OCc2ccccc2)c(C(F)(F)F)c1. The van der Waals surface area contributed by atoms with Crippen molar-refractivity contribution in [1.29, 1.82) is 0 Å². The molecule has 0 spiro atoms. The molecular weight excluding hydrogens is 341 g/mol. The normalized spacial score (nSPS) is 10.8. The van der Waals surface area contributed by atoms with E-state index in [4.69, 9.17) is 9.84 Å². The zero-order valence-electron chi connectivity index (χ0n) is 12.6. The Bertz CT molecular complexity index is 764. The fourth-order valence-corrected chi connectivity index (χ4v) is 1.96. The van der Waals surface area contributed by atoms with Gasteiger partial charge in [-0.15, -0.1) is 0 Å². The van der Waals surface area contributed by atoms with Crippen LogP contribution in [0.2, 0.25) is 0 Å². The summed E-state index contributed by atoms with van der Waals surface area (Å²) in [6, 6.07) is 11.2. The summed E-state index contributed by atoms with van der Waals surface area (Å²) >= 11 is 0. The summed E-state index contributed by atoms with van der Waals surface area (Å²) in [5.74, 6) is 0. The monoisotopic (exact) mass is 354 g/mol. The lowest BCUT2D eigenvalue weighted by Gasteiger charge is -2.15. The Morgan fingerprint density at radius 1 is 1.04 bits per heavy atom. The standard InChI is InChI=1S/C16H13F3N2O4/c17-16(18,19)12-8-11(20-14(22)23)6-7-13(12)21-15(24)25-9-10-4-2-1-3-5-10/h1-8,20H,9H2,(H,21,24)(H,22,23). The lowest BCUT2D eigenvalue weighted by atomic mass is 10.1. The van der Waals surface area contributed by atoms with Crippen molar-refractivity contribution in [3.8, 4) is 0 Å². The molecule has 2 aromatic carbocycles. The highest BCUT2D eigenvalue weighted by Crippen LogP contribution is 2.36. The molecule has 0 aliphatic carbocycles. The molecule has 132 valence electrons. The lowest BCUT2D eigenvalue weighted by Crippen LogP contribution is -2.18. The second-order valence-corrected chi connectivity index (χ2v) is 4.88. The predicted octanol–water partition coefficient (Wildman–Crippen LogP) is 4.54. The molecule has 9 heteroatoms. The first-order chi connectivity index (χ1) is 11.8. The maximum atomic E-state index is 13.1. The lowest BCUT2D eigenvalue weighted by molar-refractivity contribution is -0.136. The van der Waals surface area contributed by atoms with E-state index in [2.05, 4.69) is 0 Å². The second-order valence-electron chi connectivity index (χ2n) is 4.88. The Morgan fingerprint density at radius 3 is 2.32 bits per heavy atom. The highest BCUT2D eigenvalue weighted by Gasteiger charge is 2.34. The molecule has 0 heterocycles. The topological polar surface area (TPSA) is 87.7 Å². The molecule has 0 fully saturated rings. The van der Waals surface area contributed by atoms with Gasteiger partial charge in [0.15, 0.2) is 0 Å². The third kappa shape index (κ3) is 5.41. The number of ether oxygens (including phenoxy) is 1. The van der Waals surface area contributed by atoms with Crippen molar-refractivity contribution >= 4 is 23.6 Å². The summed E-state index contributed by atoms with van der Waals surface area (Å²) in [5.41, 5.74) is -1.34. The van der Waals surface area contributed by atoms with Crippen LogP contribution in [-0.2, 0) is 17.5 Å². The predicted molar refractivity (Wildman–Crippen MR) is 83.3 cm³/mol. The van der Waals surface area contributed by atoms with Crippen LogP contribution in [0.4, 0.5) is 34.1 Å². The molecule has 2 rings (SSSR count). The van der Waals surface area contributed by atoms with Gasteiger partial charge < -0.3 is 9.84 Å². The van der Waals surface area contributed by atoms with E-state index in [0.717, 1.165) is 12.1 Å². The molecule has 0 bridgehead atoms. The highest BCUT2D eigenvalue weighted by atomic mass is 19.4. The Hall–Kier alpha value is -3.23. The van der Waals surface area contributed by atoms with Gasteiger partial charge in [-0.2, -0.15) is 13.2 Å². The van der Waals surface area contributed by atoms with Gasteiger partial charge in [0.2, 0.25) is 0 Å². The average molecular weight is 354 g/mol. The number of hydrogen-bond acceptors (Lipinski definition) is 3. The van der Waals surface area contributed by atoms with Crippen molar-refractivity contribution in [2.45, 2.75) is 12.8 Å². The van der Waals surface area contributed by atoms with Crippen molar-refractivity contribution < 1.29 is 32.6 Å². The second kappa shape index (κ2) is 7.56. The van der Waals surface area contributed by atoms with Crippen LogP contribution in [0, 0.1) is 0 Å². The van der Waals surface area contributed by atoms with Gasteiger partial charge in [0.05, 0.1) is 11.3 Å². The fourth-order valence-electron chi connectivity index (χ4n) is 1.96. The number of alkyl halides is 3. The number of nitrogens with one attached hydrogen (secondary N) is 2. The van der Waals surface area contributed by atoms with Crippen LogP contribution < -0.4 is 10.6 Å². The van der Waals surface area contributed by atoms with E-state index in [1.807, 2.05) is 10.6 Å². The molecule has 0 unspecified atom stereocenters. The summed E-state index contributed by atoms with van der Waals surface area (Å²) in [4.78, 5) is 22.2. The van der Waals surface area contributed by atoms with Crippen LogP contribution in [0.5, 0.6) is 0 Å². The first kappa shape index (κ1) is 18.1. The minimum atomic E-state index is -4.79. The average Bonchev–Trinajstić information content (AvgIpc) is 2.54. The minimum Gasteiger partial charge on any atom is -0.465 e. The van der Waals surface area contributed by atoms with E-state index >= 15 is 0 Å². The molecule has 0 aromatic heterocycles. The molecule has 2 amide bonds. The molecule has 0 radical (unpaired) electrons. The molecule has 2 aromatic rings. The van der Waals surface area contributed by atoms with Crippen molar-refractivity contribution in [2.75, 3.05) is 10.6 Å². The van der Waals surface area contributed by atoms with Gasteiger partial charge >= 0.3 is 18.4 Å². The van der Waals surface area contributed by atoms with Gasteiger partial charge in [0, 0.05) is 5.69 Å². The van der Waals surface area contributed by atoms with Crippen molar-refractivity contribution in [1.82, 2.24) is 0 Å². The number of benzene rings is 2. The first-order valence-corrected chi connectivity index (χ1v) is 6.94. The van der Waals surface area contributed by atoms with Crippen LogP contribution >= 0.6 is 0 Å². The van der Waals surface area contributed by atoms with E-state index in [9.17, 15) is 22.8 Å². The quantitative estimate of drug-likeness (QED) is 0.752. The smallest absolute Gasteiger partial charge is 0.418 e. The number of halogens is 3. The Balaban J connectivity index is 2.11. The summed E-state index contributed by atoms with van der Waals surface area (Å²) in [5, 5.41) is 12.4. The summed E-state index contributed by atoms with van der Waals surface area (Å²) in [6.45, 7) is -0.104. The minimum absolute atomic E-state index is 0.104. The maximum Gasteiger partial charge on any atom is 0.418 e. The summed E-state index contributed by atoms with van der Waals surface area (Å²) < 4.78 is 44.2. The van der Waals surface area contributed by atoms with Crippen LogP contribution in [-0.4, -0.2) is 17.3 Å². The number of carbonyl (C=O) groups excluding carboxylic acids is 1. The Labute approximate surface area is 140 Å². The Morgan fingerprint density at radius 2 is 1.72 bits per heavy atom. The molecule has 3 N–H and O–H groups in total. The van der Waals surface area contributed by atoms with E-state index < -0.39 is 29.6 Å². The highest BCUT2D eigenvalue weighted by molar-refractivity contribution is 5.88. The molecular formula is C16H13F3N2O4. The van der Waals surface area contributed by atoms with Gasteiger partial charge in [-0.3, -0.25) is 10.6 Å². The van der Waals surface area contributed by atoms with Gasteiger partial charge in [0.25, 0.3) is 0 Å². The van der Waals surface area contributed by atoms with Crippen LogP contribution in [0.1, 0.15) is 11.1 Å². The molecule has 0 aliphatic heterocycles. The third-order valence-corrected chi connectivity index (χ3v) is 3.03. The number of carboxylic acid groups (broad SMARTS) is 1. The van der Waals surface area contributed by atoms with E-state index in [-0.39, 0.29) is 12.3 Å². The number of rotatable bonds is 4. The van der Waals surface area contributed by atoms with Crippen LogP contribution in [0.3, 0.4) is 0 Å². The van der Waals surface area contributed by atoms with Gasteiger partial charge in [0.1, 0.15) is 6.61 Å². The molecule has 25 heavy (non-hydrogen) atoms. The van der Waals surface area contributed by atoms with Gasteiger partial charge in [-0.25, -0.2) is 9.59 Å². The van der Waals surface area contributed by atoms with Crippen molar-refractivity contribution in [3.63, 3.8) is 0 Å². The van der Waals surface area contributed by atoms with Crippen LogP contribution in [0.25, 0.3) is 0 Å². The molecule has 0 saturated heterocycles. The van der Waals surface area contributed by atoms with Crippen LogP contribution in [0.15, 0.2) is 48.5 Å².